The lowest BCUT2D eigenvalue weighted by molar-refractivity contribution is 0.0299. The van der Waals surface area contributed by atoms with Gasteiger partial charge in [-0.25, -0.2) is 19.7 Å². The summed E-state index contributed by atoms with van der Waals surface area (Å²) in [4.78, 5) is 25.3. The lowest BCUT2D eigenvalue weighted by Gasteiger charge is -2.34. The zero-order chi connectivity index (χ0) is 26.5. The number of nitrogens with zero attached hydrogens (tertiary/aromatic N) is 3. The number of benzene rings is 1. The fraction of sp³-hybridized carbons (Fsp3) is 0.360. The van der Waals surface area contributed by atoms with Crippen LogP contribution in [0.25, 0.3) is 11.3 Å². The third-order valence-electron chi connectivity index (χ3n) is 6.16. The van der Waals surface area contributed by atoms with E-state index >= 15 is 0 Å². The number of sulfonamides is 1. The fourth-order valence-corrected chi connectivity index (χ4v) is 4.91. The van der Waals surface area contributed by atoms with Crippen molar-refractivity contribution in [3.05, 3.63) is 54.4 Å². The normalized spacial score (nSPS) is 15.1. The standard InChI is InChI=1S/C25H30N6O5S/c1-3-36-18-6-4-17(5-7-18)20-9-8-19(22(30-20)29-16-25(2)10-14-35-15-11-25)23(32)31-37(33,34)24-21(26)27-12-13-28-24/h4-9,12-13H,3,10-11,14-16H2,1-2H3,(H2,26,27)(H,29,30)(H,31,32). The molecule has 1 amide bonds. The number of amides is 1. The van der Waals surface area contributed by atoms with Crippen molar-refractivity contribution in [1.82, 2.24) is 19.7 Å². The maximum Gasteiger partial charge on any atom is 0.285 e. The van der Waals surface area contributed by atoms with Gasteiger partial charge in [0.25, 0.3) is 15.9 Å². The van der Waals surface area contributed by atoms with Crippen molar-refractivity contribution in [1.29, 1.82) is 0 Å². The summed E-state index contributed by atoms with van der Waals surface area (Å²) in [7, 11) is -4.36. The molecule has 0 spiro atoms. The van der Waals surface area contributed by atoms with Crippen molar-refractivity contribution >= 4 is 27.6 Å². The number of ether oxygens (including phenoxy) is 2. The molecule has 0 unspecified atom stereocenters. The van der Waals surface area contributed by atoms with E-state index < -0.39 is 21.0 Å². The molecule has 12 heteroatoms. The predicted molar refractivity (Wildman–Crippen MR) is 139 cm³/mol. The van der Waals surface area contributed by atoms with Gasteiger partial charge in [0.05, 0.1) is 17.9 Å². The molecule has 1 aliphatic heterocycles. The number of hydrogen-bond donors (Lipinski definition) is 3. The summed E-state index contributed by atoms with van der Waals surface area (Å²) in [6.45, 7) is 6.45. The van der Waals surface area contributed by atoms with Crippen LogP contribution < -0.4 is 20.5 Å². The highest BCUT2D eigenvalue weighted by Gasteiger charge is 2.29. The van der Waals surface area contributed by atoms with Gasteiger partial charge in [-0.2, -0.15) is 8.42 Å². The van der Waals surface area contributed by atoms with Crippen molar-refractivity contribution in [2.45, 2.75) is 31.7 Å². The van der Waals surface area contributed by atoms with E-state index in [1.54, 1.807) is 6.07 Å². The molecule has 1 fully saturated rings. The quantitative estimate of drug-likeness (QED) is 0.378. The molecule has 11 nitrogen and oxygen atoms in total. The van der Waals surface area contributed by atoms with Crippen LogP contribution >= 0.6 is 0 Å². The first-order valence-electron chi connectivity index (χ1n) is 11.9. The average Bonchev–Trinajstić information content (AvgIpc) is 2.88. The molecule has 196 valence electrons. The maximum absolute atomic E-state index is 13.2. The Balaban J connectivity index is 1.64. The van der Waals surface area contributed by atoms with Gasteiger partial charge in [-0.1, -0.05) is 6.92 Å². The van der Waals surface area contributed by atoms with Gasteiger partial charge >= 0.3 is 0 Å². The molecule has 1 aliphatic rings. The number of nitrogens with two attached hydrogens (primary N) is 1. The first-order valence-corrected chi connectivity index (χ1v) is 13.4. The molecule has 0 saturated carbocycles. The Kier molecular flexibility index (Phi) is 7.89. The molecule has 0 radical (unpaired) electrons. The van der Waals surface area contributed by atoms with Gasteiger partial charge in [-0.15, -0.1) is 0 Å². The number of pyridine rings is 1. The smallest absolute Gasteiger partial charge is 0.285 e. The van der Waals surface area contributed by atoms with Crippen LogP contribution in [0.4, 0.5) is 11.6 Å². The SMILES string of the molecule is CCOc1ccc(-c2ccc(C(=O)NS(=O)(=O)c3nccnc3N)c(NCC3(C)CCOCC3)n2)cc1. The maximum atomic E-state index is 13.2. The highest BCUT2D eigenvalue weighted by atomic mass is 32.2. The average molecular weight is 527 g/mol. The molecule has 1 aromatic carbocycles. The fourth-order valence-electron chi connectivity index (χ4n) is 3.93. The summed E-state index contributed by atoms with van der Waals surface area (Å²) >= 11 is 0. The predicted octanol–water partition coefficient (Wildman–Crippen LogP) is 2.87. The number of carbonyl (C=O) groups excluding carboxylic acids is 1. The summed E-state index contributed by atoms with van der Waals surface area (Å²) < 4.78 is 38.6. The molecule has 2 aromatic heterocycles. The second-order valence-corrected chi connectivity index (χ2v) is 10.6. The Bertz CT molecular complexity index is 1360. The molecular formula is C25H30N6O5S. The largest absolute Gasteiger partial charge is 0.494 e. The van der Waals surface area contributed by atoms with E-state index in [0.717, 1.165) is 24.2 Å². The van der Waals surface area contributed by atoms with Crippen molar-refractivity contribution in [2.24, 2.45) is 5.41 Å². The summed E-state index contributed by atoms with van der Waals surface area (Å²) in [5.74, 6) is -0.173. The van der Waals surface area contributed by atoms with Gasteiger partial charge in [0.1, 0.15) is 11.6 Å². The van der Waals surface area contributed by atoms with Gasteiger partial charge in [-0.05, 0) is 61.6 Å². The van der Waals surface area contributed by atoms with E-state index in [1.807, 2.05) is 35.9 Å². The molecule has 0 atom stereocenters. The van der Waals surface area contributed by atoms with Crippen LogP contribution in [-0.4, -0.2) is 55.6 Å². The minimum absolute atomic E-state index is 0.0661. The first-order chi connectivity index (χ1) is 17.7. The molecule has 4 N–H and O–H groups in total. The molecule has 4 rings (SSSR count). The molecule has 3 heterocycles. The van der Waals surface area contributed by atoms with E-state index in [2.05, 4.69) is 27.2 Å². The van der Waals surface area contributed by atoms with E-state index in [-0.39, 0.29) is 22.6 Å². The lowest BCUT2D eigenvalue weighted by Crippen LogP contribution is -2.35. The Hall–Kier alpha value is -3.77. The summed E-state index contributed by atoms with van der Waals surface area (Å²) in [5, 5.41) is 2.76. The van der Waals surface area contributed by atoms with Crippen molar-refractivity contribution in [2.75, 3.05) is 37.4 Å². The molecule has 37 heavy (non-hydrogen) atoms. The summed E-state index contributed by atoms with van der Waals surface area (Å²) in [6.07, 6.45) is 4.14. The van der Waals surface area contributed by atoms with Crippen molar-refractivity contribution in [3.8, 4) is 17.0 Å². The zero-order valence-corrected chi connectivity index (χ0v) is 21.5. The van der Waals surface area contributed by atoms with Crippen molar-refractivity contribution < 1.29 is 22.7 Å². The number of anilines is 2. The van der Waals surface area contributed by atoms with Crippen LogP contribution in [0.1, 0.15) is 37.0 Å². The van der Waals surface area contributed by atoms with Gasteiger partial charge in [0.2, 0.25) is 5.03 Å². The highest BCUT2D eigenvalue weighted by molar-refractivity contribution is 7.90. The van der Waals surface area contributed by atoms with Crippen LogP contribution in [0.5, 0.6) is 5.75 Å². The third-order valence-corrected chi connectivity index (χ3v) is 7.43. The monoisotopic (exact) mass is 526 g/mol. The Morgan fingerprint density at radius 3 is 2.49 bits per heavy atom. The lowest BCUT2D eigenvalue weighted by atomic mass is 9.82. The van der Waals surface area contributed by atoms with Crippen LogP contribution in [0.3, 0.4) is 0 Å². The summed E-state index contributed by atoms with van der Waals surface area (Å²) in [5.41, 5.74) is 7.09. The van der Waals surface area contributed by atoms with E-state index in [4.69, 9.17) is 15.2 Å². The molecule has 0 bridgehead atoms. The molecule has 0 aliphatic carbocycles. The van der Waals surface area contributed by atoms with Crippen LogP contribution in [0, 0.1) is 5.41 Å². The Labute approximate surface area is 215 Å². The van der Waals surface area contributed by atoms with E-state index in [1.165, 1.54) is 18.5 Å². The number of carbonyl (C=O) groups is 1. The number of nitrogens with one attached hydrogen (secondary N) is 2. The highest BCUT2D eigenvalue weighted by Crippen LogP contribution is 2.31. The second kappa shape index (κ2) is 11.1. The first kappa shape index (κ1) is 26.3. The third kappa shape index (κ3) is 6.33. The zero-order valence-electron chi connectivity index (χ0n) is 20.7. The van der Waals surface area contributed by atoms with Crippen LogP contribution in [0.2, 0.25) is 0 Å². The number of nitrogen functional groups attached to an aromatic ring is 1. The number of hydrogen-bond acceptors (Lipinski definition) is 10. The van der Waals surface area contributed by atoms with Crippen LogP contribution in [-0.2, 0) is 14.8 Å². The molecule has 1 saturated heterocycles. The molecule has 3 aromatic rings. The van der Waals surface area contributed by atoms with E-state index in [0.29, 0.717) is 32.1 Å². The Morgan fingerprint density at radius 2 is 1.81 bits per heavy atom. The van der Waals surface area contributed by atoms with Crippen LogP contribution in [0.15, 0.2) is 53.8 Å². The van der Waals surface area contributed by atoms with E-state index in [9.17, 15) is 13.2 Å². The van der Waals surface area contributed by atoms with Gasteiger partial charge in [-0.3, -0.25) is 4.79 Å². The second-order valence-electron chi connectivity index (χ2n) is 9.01. The number of rotatable bonds is 9. The number of aromatic nitrogens is 3. The Morgan fingerprint density at radius 1 is 1.11 bits per heavy atom. The van der Waals surface area contributed by atoms with Crippen molar-refractivity contribution in [3.63, 3.8) is 0 Å². The molecular weight excluding hydrogens is 496 g/mol. The minimum atomic E-state index is -4.36. The summed E-state index contributed by atoms with van der Waals surface area (Å²) in [6, 6.07) is 10.6. The van der Waals surface area contributed by atoms with Gasteiger partial charge in [0.15, 0.2) is 5.82 Å². The minimum Gasteiger partial charge on any atom is -0.494 e. The topological polar surface area (TPSA) is 158 Å². The van der Waals surface area contributed by atoms with Gasteiger partial charge < -0.3 is 20.5 Å². The van der Waals surface area contributed by atoms with Gasteiger partial charge in [0, 0.05) is 37.7 Å².